The Kier molecular flexibility index (Phi) is 8.60. The van der Waals surface area contributed by atoms with Crippen LogP contribution in [0.3, 0.4) is 0 Å². The lowest BCUT2D eigenvalue weighted by Crippen LogP contribution is -2.58. The first-order valence-corrected chi connectivity index (χ1v) is 16.0. The van der Waals surface area contributed by atoms with E-state index in [1.54, 1.807) is 0 Å². The summed E-state index contributed by atoms with van der Waals surface area (Å²) in [5, 5.41) is 0. The van der Waals surface area contributed by atoms with Gasteiger partial charge in [0.15, 0.2) is 5.71 Å². The number of nitrogens with zero attached hydrogens (tertiary/aromatic N) is 2. The van der Waals surface area contributed by atoms with Crippen molar-refractivity contribution >= 4 is 22.7 Å². The molecule has 0 amide bonds. The van der Waals surface area contributed by atoms with Crippen molar-refractivity contribution in [1.29, 1.82) is 0 Å². The number of hydrogen-bond donors (Lipinski definition) is 1. The Bertz CT molecular complexity index is 1720. The second-order valence-electron chi connectivity index (χ2n) is 12.5. The zero-order chi connectivity index (χ0) is 31.9. The van der Waals surface area contributed by atoms with Crippen LogP contribution in [0.2, 0.25) is 0 Å². The van der Waals surface area contributed by atoms with Gasteiger partial charge in [0.1, 0.15) is 7.05 Å². The van der Waals surface area contributed by atoms with E-state index in [0.717, 1.165) is 12.8 Å². The largest absolute Gasteiger partial charge is 0.347 e. The number of benzene rings is 3. The van der Waals surface area contributed by atoms with Crippen LogP contribution in [-0.2, 0) is 10.8 Å². The van der Waals surface area contributed by atoms with E-state index in [4.69, 9.17) is 18.6 Å². The smallest absolute Gasteiger partial charge is 0.209 e. The second-order valence-corrected chi connectivity index (χ2v) is 13.3. The quantitative estimate of drug-likeness (QED) is 0.435. The molecule has 1 N–H and O–H groups in total. The summed E-state index contributed by atoms with van der Waals surface area (Å²) in [6, 6.07) is 28.5. The maximum absolute atomic E-state index is 8.60. The van der Waals surface area contributed by atoms with Gasteiger partial charge in [0.05, 0.1) is 20.3 Å². The third kappa shape index (κ3) is 6.09. The Morgan fingerprint density at radius 3 is 2.00 bits per heavy atom. The number of anilines is 1. The molecule has 6 nitrogen and oxygen atoms in total. The summed E-state index contributed by atoms with van der Waals surface area (Å²) in [4.78, 5) is 2.36. The molecule has 0 fully saturated rings. The molecular weight excluding hydrogens is 572 g/mol. The lowest BCUT2D eigenvalue weighted by Gasteiger charge is -2.24. The second kappa shape index (κ2) is 12.0. The fourth-order valence-corrected chi connectivity index (χ4v) is 7.00. The first kappa shape index (κ1) is 31.6. The van der Waals surface area contributed by atoms with Crippen molar-refractivity contribution in [2.24, 2.45) is 0 Å². The molecule has 228 valence electrons. The normalized spacial score (nSPS) is 20.5. The van der Waals surface area contributed by atoms with Gasteiger partial charge in [0.25, 0.3) is 0 Å². The molecule has 0 unspecified atom stereocenters. The van der Waals surface area contributed by atoms with Gasteiger partial charge in [-0.15, -0.1) is 0 Å². The molecule has 0 radical (unpaired) electrons. The van der Waals surface area contributed by atoms with Crippen LogP contribution >= 0.6 is 0 Å². The molecule has 7 heteroatoms. The van der Waals surface area contributed by atoms with E-state index in [0.29, 0.717) is 0 Å². The highest BCUT2D eigenvalue weighted by Crippen LogP contribution is 2.47. The summed E-state index contributed by atoms with van der Waals surface area (Å²) in [7, 11) is -0.298. The van der Waals surface area contributed by atoms with Gasteiger partial charge in [-0.25, -0.2) is 0 Å². The van der Waals surface area contributed by atoms with Crippen molar-refractivity contribution in [1.82, 2.24) is 0 Å². The number of rotatable bonds is 4. The van der Waals surface area contributed by atoms with Crippen LogP contribution in [0.5, 0.6) is 0 Å². The minimum absolute atomic E-state index is 0.0232. The van der Waals surface area contributed by atoms with Crippen LogP contribution in [0.1, 0.15) is 57.2 Å². The highest BCUT2D eigenvalue weighted by molar-refractivity contribution is 6.03. The summed E-state index contributed by atoms with van der Waals surface area (Å²) in [6.45, 7) is 9.36. The van der Waals surface area contributed by atoms with Crippen LogP contribution in [0.15, 0.2) is 120 Å². The van der Waals surface area contributed by atoms with Crippen LogP contribution in [0, 0.1) is 10.2 Å². The SMILES string of the molecule is CN1/C(=C/C=C2\CCC(/C=C/C3=[N+](C)c4ccccc4C3(C)C)=C2c2ccccc2)C(C)(C)c2ccccc21.[O-][Cl+3]([O-])([O-])O. The van der Waals surface area contributed by atoms with E-state index in [9.17, 15) is 0 Å². The summed E-state index contributed by atoms with van der Waals surface area (Å²) in [5.41, 5.74) is 13.6. The van der Waals surface area contributed by atoms with Gasteiger partial charge in [-0.3, -0.25) is 0 Å². The van der Waals surface area contributed by atoms with Gasteiger partial charge in [-0.1, -0.05) is 92.7 Å². The predicted octanol–water partition coefficient (Wildman–Crippen LogP) is 4.61. The Labute approximate surface area is 262 Å². The molecule has 0 atom stereocenters. The van der Waals surface area contributed by atoms with E-state index in [1.807, 2.05) is 0 Å². The van der Waals surface area contributed by atoms with Crippen molar-refractivity contribution in [3.63, 3.8) is 0 Å². The zero-order valence-electron chi connectivity index (χ0n) is 26.2. The van der Waals surface area contributed by atoms with Crippen molar-refractivity contribution in [2.75, 3.05) is 19.0 Å². The van der Waals surface area contributed by atoms with E-state index < -0.39 is 10.2 Å². The molecule has 2 heterocycles. The summed E-state index contributed by atoms with van der Waals surface area (Å²) < 4.78 is 35.1. The molecule has 44 heavy (non-hydrogen) atoms. The molecule has 1 aliphatic carbocycles. The van der Waals surface area contributed by atoms with Crippen LogP contribution in [-0.4, -0.2) is 29.0 Å². The van der Waals surface area contributed by atoms with Crippen molar-refractivity contribution in [2.45, 2.75) is 51.4 Å². The molecule has 3 aliphatic rings. The molecule has 0 saturated heterocycles. The molecule has 0 aromatic heterocycles. The maximum Gasteiger partial charge on any atom is 0.209 e. The molecule has 3 aromatic rings. The third-order valence-corrected chi connectivity index (χ3v) is 9.13. The van der Waals surface area contributed by atoms with E-state index >= 15 is 0 Å². The maximum atomic E-state index is 8.60. The van der Waals surface area contributed by atoms with Gasteiger partial charge < -0.3 is 4.90 Å². The van der Waals surface area contributed by atoms with E-state index in [2.05, 4.69) is 154 Å². The van der Waals surface area contributed by atoms with Crippen molar-refractivity contribution in [3.8, 4) is 0 Å². The third-order valence-electron chi connectivity index (χ3n) is 9.13. The standard InChI is InChI=1S/C37H39N2.ClHO4/c1-36(2)29-16-10-12-18-31(29)38(5)33(36)24-22-27-20-21-28(35(27)26-14-8-7-9-15-26)23-25-34-37(3,4)30-17-11-13-19-32(30)39(34)6;2-1(3,4)5/h7-19,22-25H,20-21H2,1-6H3;(H,2,3,4,5)/q+1;. The summed E-state index contributed by atoms with van der Waals surface area (Å²) in [6.07, 6.45) is 11.6. The molecule has 2 aliphatic heterocycles. The number of likely N-dealkylation sites (N-methyl/N-ethyl adjacent to an activating group) is 1. The number of hydrogen-bond acceptors (Lipinski definition) is 5. The zero-order valence-corrected chi connectivity index (χ0v) is 26.9. The highest BCUT2D eigenvalue weighted by atomic mass is 35.7. The molecule has 0 bridgehead atoms. The van der Waals surface area contributed by atoms with Gasteiger partial charge in [-0.05, 0) is 66.7 Å². The fraction of sp³-hybridized carbons (Fsp3) is 0.270. The lowest BCUT2D eigenvalue weighted by molar-refractivity contribution is -1.92. The molecule has 3 aromatic carbocycles. The average Bonchev–Trinajstić information content (AvgIpc) is 3.53. The average molecular weight is 612 g/mol. The lowest BCUT2D eigenvalue weighted by atomic mass is 9.81. The first-order chi connectivity index (χ1) is 20.7. The van der Waals surface area contributed by atoms with Crippen molar-refractivity contribution < 1.29 is 33.5 Å². The van der Waals surface area contributed by atoms with Crippen molar-refractivity contribution in [3.05, 3.63) is 137 Å². The summed E-state index contributed by atoms with van der Waals surface area (Å²) in [5.74, 6) is 0. The van der Waals surface area contributed by atoms with Gasteiger partial charge in [-0.2, -0.15) is 18.6 Å². The molecule has 0 spiro atoms. The predicted molar refractivity (Wildman–Crippen MR) is 168 cm³/mol. The Morgan fingerprint density at radius 2 is 1.36 bits per heavy atom. The fourth-order valence-electron chi connectivity index (χ4n) is 7.00. The van der Waals surface area contributed by atoms with Gasteiger partial charge >= 0.3 is 0 Å². The van der Waals surface area contributed by atoms with Crippen LogP contribution < -0.4 is 18.9 Å². The Hall–Kier alpha value is -3.78. The van der Waals surface area contributed by atoms with Crippen LogP contribution in [0.4, 0.5) is 11.4 Å². The Morgan fingerprint density at radius 1 is 0.773 bits per heavy atom. The first-order valence-electron chi connectivity index (χ1n) is 14.8. The number of allylic oxidation sites excluding steroid dienone is 8. The Balaban J connectivity index is 0.000000712. The molecular formula is C37H40ClN2O4+. The highest BCUT2D eigenvalue weighted by Gasteiger charge is 2.42. The number of halogens is 1. The monoisotopic (exact) mass is 611 g/mol. The molecule has 0 saturated carbocycles. The van der Waals surface area contributed by atoms with E-state index in [-0.39, 0.29) is 10.8 Å². The molecule has 6 rings (SSSR count). The van der Waals surface area contributed by atoms with Crippen LogP contribution in [0.25, 0.3) is 5.57 Å². The minimum Gasteiger partial charge on any atom is -0.347 e. The van der Waals surface area contributed by atoms with E-state index in [1.165, 1.54) is 56.2 Å². The van der Waals surface area contributed by atoms with Gasteiger partial charge in [0.2, 0.25) is 5.69 Å². The minimum atomic E-state index is -4.69. The topological polar surface area (TPSA) is 95.7 Å². The summed E-state index contributed by atoms with van der Waals surface area (Å²) >= 11 is 0. The number of fused-ring (bicyclic) bond motifs is 2. The number of para-hydroxylation sites is 2. The van der Waals surface area contributed by atoms with Gasteiger partial charge in [0, 0.05) is 41.6 Å².